The normalized spacial score (nSPS) is 17.3. The average Bonchev–Trinajstić information content (AvgIpc) is 2.75. The van der Waals surface area contributed by atoms with Gasteiger partial charge in [-0.05, 0) is 44.9 Å². The van der Waals surface area contributed by atoms with Crippen LogP contribution in [0.5, 0.6) is 0 Å². The molecule has 2 unspecified atom stereocenters. The fourth-order valence-electron chi connectivity index (χ4n) is 3.34. The first kappa shape index (κ1) is 28.5. The van der Waals surface area contributed by atoms with Gasteiger partial charge in [0, 0.05) is 44.3 Å². The van der Waals surface area contributed by atoms with Crippen molar-refractivity contribution in [2.75, 3.05) is 32.7 Å². The molecule has 1 fully saturated rings. The zero-order valence-electron chi connectivity index (χ0n) is 19.2. The third-order valence-corrected chi connectivity index (χ3v) is 5.56. The van der Waals surface area contributed by atoms with E-state index in [4.69, 9.17) is 0 Å². The van der Waals surface area contributed by atoms with Gasteiger partial charge in [0.05, 0.1) is 6.54 Å². The zero-order chi connectivity index (χ0) is 23.0. The van der Waals surface area contributed by atoms with Gasteiger partial charge in [-0.3, -0.25) is 9.69 Å². The Labute approximate surface area is 206 Å². The number of amides is 1. The van der Waals surface area contributed by atoms with Gasteiger partial charge >= 0.3 is 6.18 Å². The van der Waals surface area contributed by atoms with Gasteiger partial charge in [-0.15, -0.1) is 24.0 Å². The lowest BCUT2D eigenvalue weighted by Gasteiger charge is -2.39. The Morgan fingerprint density at radius 3 is 2.38 bits per heavy atom. The molecule has 2 rings (SSSR count). The van der Waals surface area contributed by atoms with Gasteiger partial charge in [-0.1, -0.05) is 19.1 Å². The molecule has 1 aliphatic rings. The first-order chi connectivity index (χ1) is 14.7. The third-order valence-electron chi connectivity index (χ3n) is 5.56. The number of rotatable bonds is 7. The molecule has 32 heavy (non-hydrogen) atoms. The van der Waals surface area contributed by atoms with Crippen LogP contribution >= 0.6 is 24.0 Å². The van der Waals surface area contributed by atoms with E-state index in [1.807, 2.05) is 43.9 Å². The predicted molar refractivity (Wildman–Crippen MR) is 133 cm³/mol. The second-order valence-corrected chi connectivity index (χ2v) is 7.89. The molecule has 6 nitrogen and oxygen atoms in total. The Morgan fingerprint density at radius 1 is 1.16 bits per heavy atom. The van der Waals surface area contributed by atoms with Crippen molar-refractivity contribution in [1.82, 2.24) is 20.4 Å². The van der Waals surface area contributed by atoms with Crippen LogP contribution in [0.4, 0.5) is 13.2 Å². The van der Waals surface area contributed by atoms with Crippen LogP contribution in [-0.4, -0.2) is 72.7 Å². The average molecular weight is 569 g/mol. The van der Waals surface area contributed by atoms with E-state index < -0.39 is 12.2 Å². The number of carbonyl (C=O) groups is 1. The minimum Gasteiger partial charge on any atom is -0.357 e. The molecule has 1 saturated heterocycles. The molecule has 2 atom stereocenters. The minimum absolute atomic E-state index is 0. The molecular weight excluding hydrogens is 534 g/mol. The largest absolute Gasteiger partial charge is 0.403 e. The Morgan fingerprint density at radius 2 is 1.81 bits per heavy atom. The molecule has 10 heteroatoms. The van der Waals surface area contributed by atoms with E-state index in [1.165, 1.54) is 11.8 Å². The molecule has 0 radical (unpaired) electrons. The van der Waals surface area contributed by atoms with Crippen molar-refractivity contribution in [3.8, 4) is 0 Å². The second kappa shape index (κ2) is 13.2. The molecule has 2 N–H and O–H groups in total. The van der Waals surface area contributed by atoms with E-state index in [1.54, 1.807) is 6.07 Å². The number of carbonyl (C=O) groups excluding carboxylic acids is 1. The number of hydrogen-bond acceptors (Lipinski definition) is 3. The van der Waals surface area contributed by atoms with E-state index in [0.717, 1.165) is 12.0 Å². The van der Waals surface area contributed by atoms with Gasteiger partial charge < -0.3 is 15.5 Å². The predicted octanol–water partition coefficient (Wildman–Crippen LogP) is 3.87. The molecule has 1 amide bonds. The van der Waals surface area contributed by atoms with Crippen LogP contribution in [0.3, 0.4) is 0 Å². The summed E-state index contributed by atoms with van der Waals surface area (Å²) in [6.07, 6.45) is -3.36. The summed E-state index contributed by atoms with van der Waals surface area (Å²) in [4.78, 5) is 20.5. The Kier molecular flexibility index (Phi) is 11.8. The van der Waals surface area contributed by atoms with Crippen molar-refractivity contribution in [2.24, 2.45) is 4.99 Å². The number of alkyl halides is 3. The Bertz CT molecular complexity index is 751. The summed E-state index contributed by atoms with van der Waals surface area (Å²) in [5.74, 6) is 0.568. The maximum absolute atomic E-state index is 13.0. The molecule has 0 aliphatic carbocycles. The number of hydrogen-bond donors (Lipinski definition) is 2. The second-order valence-electron chi connectivity index (χ2n) is 7.89. The summed E-state index contributed by atoms with van der Waals surface area (Å²) < 4.78 is 38.9. The van der Waals surface area contributed by atoms with E-state index >= 15 is 0 Å². The van der Waals surface area contributed by atoms with Crippen LogP contribution < -0.4 is 10.6 Å². The number of aliphatic imine (C=N–C) groups is 1. The van der Waals surface area contributed by atoms with Gasteiger partial charge in [0.2, 0.25) is 0 Å². The van der Waals surface area contributed by atoms with E-state index in [2.05, 4.69) is 15.6 Å². The molecule has 0 bridgehead atoms. The maximum atomic E-state index is 13.0. The molecule has 182 valence electrons. The maximum Gasteiger partial charge on any atom is 0.403 e. The van der Waals surface area contributed by atoms with Gasteiger partial charge in [0.1, 0.15) is 6.04 Å². The Balaban J connectivity index is 0.00000512. The van der Waals surface area contributed by atoms with Crippen molar-refractivity contribution >= 4 is 35.8 Å². The van der Waals surface area contributed by atoms with E-state index in [-0.39, 0.29) is 35.9 Å². The standard InChI is InChI=1S/C22H34F3N5O.HI/c1-5-16(3)28-20(31)19-9-7-8-18(14-19)15-27-21(26-6-2)30-12-10-29(11-13-30)17(4)22(23,24)25;/h7-9,14,16-17H,5-6,10-13,15H2,1-4H3,(H,26,27)(H,28,31);1H. The van der Waals surface area contributed by atoms with E-state index in [0.29, 0.717) is 50.8 Å². The highest BCUT2D eigenvalue weighted by atomic mass is 127. The molecule has 1 heterocycles. The minimum atomic E-state index is -4.22. The number of nitrogens with one attached hydrogen (secondary N) is 2. The number of benzene rings is 1. The zero-order valence-corrected chi connectivity index (χ0v) is 21.5. The lowest BCUT2D eigenvalue weighted by molar-refractivity contribution is -0.181. The van der Waals surface area contributed by atoms with E-state index in [9.17, 15) is 18.0 Å². The highest BCUT2D eigenvalue weighted by Crippen LogP contribution is 2.25. The number of guanidine groups is 1. The topological polar surface area (TPSA) is 60.0 Å². The van der Waals surface area contributed by atoms with Crippen LogP contribution in [0.15, 0.2) is 29.3 Å². The molecule has 0 aromatic heterocycles. The quantitative estimate of drug-likeness (QED) is 0.298. The molecule has 1 aliphatic heterocycles. The molecule has 0 spiro atoms. The lowest BCUT2D eigenvalue weighted by atomic mass is 10.1. The molecular formula is C22H35F3IN5O. The molecule has 1 aromatic carbocycles. The van der Waals surface area contributed by atoms with Crippen molar-refractivity contribution in [3.63, 3.8) is 0 Å². The van der Waals surface area contributed by atoms with Crippen LogP contribution in [0.1, 0.15) is 50.0 Å². The van der Waals surface area contributed by atoms with Crippen molar-refractivity contribution < 1.29 is 18.0 Å². The van der Waals surface area contributed by atoms with Gasteiger partial charge in [-0.2, -0.15) is 13.2 Å². The smallest absolute Gasteiger partial charge is 0.357 e. The third kappa shape index (κ3) is 8.42. The number of halogens is 4. The SMILES string of the molecule is CCNC(=NCc1cccc(C(=O)NC(C)CC)c1)N1CCN(C(C)C(F)(F)F)CC1.I. The summed E-state index contributed by atoms with van der Waals surface area (Å²) in [5.41, 5.74) is 1.49. The highest BCUT2D eigenvalue weighted by Gasteiger charge is 2.41. The van der Waals surface area contributed by atoms with Gasteiger partial charge in [-0.25, -0.2) is 4.99 Å². The number of nitrogens with zero attached hydrogens (tertiary/aromatic N) is 3. The first-order valence-electron chi connectivity index (χ1n) is 10.9. The van der Waals surface area contributed by atoms with Crippen LogP contribution in [0.25, 0.3) is 0 Å². The summed E-state index contributed by atoms with van der Waals surface area (Å²) in [6, 6.07) is 6.01. The fraction of sp³-hybridized carbons (Fsp3) is 0.636. The molecule has 1 aromatic rings. The Hall–Kier alpha value is -1.56. The summed E-state index contributed by atoms with van der Waals surface area (Å²) in [6.45, 7) is 9.80. The fourth-order valence-corrected chi connectivity index (χ4v) is 3.34. The summed E-state index contributed by atoms with van der Waals surface area (Å²) in [7, 11) is 0. The van der Waals surface area contributed by atoms with Gasteiger partial charge in [0.15, 0.2) is 5.96 Å². The van der Waals surface area contributed by atoms with Gasteiger partial charge in [0.25, 0.3) is 5.91 Å². The first-order valence-corrected chi connectivity index (χ1v) is 10.9. The van der Waals surface area contributed by atoms with Crippen molar-refractivity contribution in [2.45, 2.75) is 58.9 Å². The van der Waals surface area contributed by atoms with Crippen LogP contribution in [0, 0.1) is 0 Å². The monoisotopic (exact) mass is 569 g/mol. The van der Waals surface area contributed by atoms with Crippen molar-refractivity contribution in [1.29, 1.82) is 0 Å². The van der Waals surface area contributed by atoms with Crippen LogP contribution in [0.2, 0.25) is 0 Å². The lowest BCUT2D eigenvalue weighted by Crippen LogP contribution is -2.56. The summed E-state index contributed by atoms with van der Waals surface area (Å²) in [5, 5.41) is 6.18. The number of piperazine rings is 1. The molecule has 0 saturated carbocycles. The van der Waals surface area contributed by atoms with Crippen LogP contribution in [-0.2, 0) is 6.54 Å². The summed E-state index contributed by atoms with van der Waals surface area (Å²) >= 11 is 0. The van der Waals surface area contributed by atoms with Crippen molar-refractivity contribution in [3.05, 3.63) is 35.4 Å². The highest BCUT2D eigenvalue weighted by molar-refractivity contribution is 14.0.